The molecule has 0 saturated carbocycles. The second-order valence-corrected chi connectivity index (χ2v) is 20.9. The summed E-state index contributed by atoms with van der Waals surface area (Å²) >= 11 is -5.27. The molecule has 2 amide bonds. The molecule has 2 aliphatic carbocycles. The van der Waals surface area contributed by atoms with Crippen LogP contribution in [0, 0.1) is 23.3 Å². The normalized spacial score (nSPS) is 14.3. The second-order valence-electron chi connectivity index (χ2n) is 10.1. The van der Waals surface area contributed by atoms with Gasteiger partial charge in [0.1, 0.15) is 0 Å². The third kappa shape index (κ3) is 6.22. The summed E-state index contributed by atoms with van der Waals surface area (Å²) in [4.78, 5) is 23.5. The van der Waals surface area contributed by atoms with Gasteiger partial charge in [-0.3, -0.25) is 0 Å². The summed E-state index contributed by atoms with van der Waals surface area (Å²) in [5, 5.41) is 5.41. The summed E-state index contributed by atoms with van der Waals surface area (Å²) in [5.74, 6) is -3.68. The van der Waals surface area contributed by atoms with Gasteiger partial charge in [-0.25, -0.2) is 0 Å². The van der Waals surface area contributed by atoms with E-state index in [1.54, 1.807) is 38.2 Å². The number of halogens is 4. The van der Waals surface area contributed by atoms with Crippen molar-refractivity contribution in [3.63, 3.8) is 0 Å². The van der Waals surface area contributed by atoms with Gasteiger partial charge in [-0.2, -0.15) is 0 Å². The second kappa shape index (κ2) is 13.7. The SMILES string of the molecule is CCC(=O)NCCc1ccc(F)[c]([Sn]([C]2=CC=CC2)([C]2=CC=CC2)[c]2c(F)ccc(CCNC(=O)CC)c2F)c1F. The monoisotopic (exact) mass is 674 g/mol. The number of allylic oxidation sites excluding steroid dienone is 8. The molecule has 0 saturated heterocycles. The number of amides is 2. The van der Waals surface area contributed by atoms with Crippen LogP contribution in [0.5, 0.6) is 0 Å². The van der Waals surface area contributed by atoms with Crippen LogP contribution < -0.4 is 17.8 Å². The van der Waals surface area contributed by atoms with Crippen LogP contribution in [0.15, 0.2) is 67.9 Å². The molecule has 0 heterocycles. The van der Waals surface area contributed by atoms with Crippen LogP contribution in [-0.4, -0.2) is 43.3 Å². The first-order valence-corrected chi connectivity index (χ1v) is 19.7. The summed E-state index contributed by atoms with van der Waals surface area (Å²) in [6, 6.07) is 5.02. The Morgan fingerprint density at radius 2 is 1.12 bits per heavy atom. The molecule has 0 radical (unpaired) electrons. The van der Waals surface area contributed by atoms with E-state index in [4.69, 9.17) is 0 Å². The summed E-state index contributed by atoms with van der Waals surface area (Å²) in [6.45, 7) is 3.70. The van der Waals surface area contributed by atoms with Crippen LogP contribution >= 0.6 is 0 Å². The van der Waals surface area contributed by atoms with E-state index in [1.165, 1.54) is 24.3 Å². The molecule has 216 valence electrons. The minimum absolute atomic E-state index is 0.101. The number of carbonyl (C=O) groups is 2. The van der Waals surface area contributed by atoms with Crippen molar-refractivity contribution in [3.8, 4) is 0 Å². The van der Waals surface area contributed by atoms with Gasteiger partial charge in [-0.15, -0.1) is 0 Å². The fourth-order valence-corrected chi connectivity index (χ4v) is 20.9. The molecule has 0 spiro atoms. The van der Waals surface area contributed by atoms with Gasteiger partial charge in [0.2, 0.25) is 0 Å². The molecule has 2 aromatic carbocycles. The van der Waals surface area contributed by atoms with Crippen molar-refractivity contribution in [2.45, 2.75) is 52.4 Å². The van der Waals surface area contributed by atoms with E-state index >= 15 is 17.6 Å². The van der Waals surface area contributed by atoms with Gasteiger partial charge in [0.05, 0.1) is 0 Å². The zero-order chi connectivity index (χ0) is 29.6. The predicted octanol–water partition coefficient (Wildman–Crippen LogP) is 4.79. The van der Waals surface area contributed by atoms with Crippen molar-refractivity contribution in [1.82, 2.24) is 10.6 Å². The molecule has 41 heavy (non-hydrogen) atoms. The molecular weight excluding hydrogens is 639 g/mol. The fraction of sp³-hybridized carbons (Fsp3) is 0.312. The number of carbonyl (C=O) groups excluding carboxylic acids is 2. The zero-order valence-electron chi connectivity index (χ0n) is 23.3. The maximum absolute atomic E-state index is 16.6. The molecule has 2 aromatic rings. The van der Waals surface area contributed by atoms with Gasteiger partial charge in [-0.1, -0.05) is 0 Å². The molecule has 9 heteroatoms. The molecule has 2 aliphatic rings. The van der Waals surface area contributed by atoms with Crippen molar-refractivity contribution < 1.29 is 27.2 Å². The topological polar surface area (TPSA) is 58.2 Å². The van der Waals surface area contributed by atoms with E-state index in [2.05, 4.69) is 10.6 Å². The summed E-state index contributed by atoms with van der Waals surface area (Å²) in [7, 11) is 0. The van der Waals surface area contributed by atoms with Crippen molar-refractivity contribution >= 4 is 37.4 Å². The Kier molecular flexibility index (Phi) is 10.3. The summed E-state index contributed by atoms with van der Waals surface area (Å²) in [6.07, 6.45) is 12.1. The quantitative estimate of drug-likeness (QED) is 0.252. The van der Waals surface area contributed by atoms with Crippen LogP contribution in [-0.2, 0) is 22.4 Å². The third-order valence-electron chi connectivity index (χ3n) is 7.67. The number of rotatable bonds is 12. The average Bonchev–Trinajstić information content (AvgIpc) is 3.70. The summed E-state index contributed by atoms with van der Waals surface area (Å²) in [5.41, 5.74) is 0.354. The van der Waals surface area contributed by atoms with Crippen molar-refractivity contribution in [2.24, 2.45) is 0 Å². The van der Waals surface area contributed by atoms with Crippen molar-refractivity contribution in [3.05, 3.63) is 102 Å². The Hall–Kier alpha value is -3.14. The van der Waals surface area contributed by atoms with Gasteiger partial charge >= 0.3 is 243 Å². The Balaban J connectivity index is 1.95. The number of hydrogen-bond donors (Lipinski definition) is 2. The van der Waals surface area contributed by atoms with Gasteiger partial charge in [0.25, 0.3) is 0 Å². The zero-order valence-corrected chi connectivity index (χ0v) is 26.1. The van der Waals surface area contributed by atoms with Crippen molar-refractivity contribution in [2.75, 3.05) is 13.1 Å². The average molecular weight is 673 g/mol. The fourth-order valence-electron chi connectivity index (χ4n) is 5.61. The molecule has 0 fully saturated rings. The maximum atomic E-state index is 16.6. The first kappa shape index (κ1) is 30.8. The first-order chi connectivity index (χ1) is 19.7. The van der Waals surface area contributed by atoms with Crippen molar-refractivity contribution in [1.29, 1.82) is 0 Å². The van der Waals surface area contributed by atoms with Crippen LogP contribution in [0.3, 0.4) is 0 Å². The third-order valence-corrected chi connectivity index (χ3v) is 22.2. The molecule has 4 nitrogen and oxygen atoms in total. The molecule has 2 N–H and O–H groups in total. The molecule has 0 aliphatic heterocycles. The van der Waals surface area contributed by atoms with Crippen LogP contribution in [0.25, 0.3) is 0 Å². The molecule has 0 atom stereocenters. The Morgan fingerprint density at radius 3 is 1.46 bits per heavy atom. The Morgan fingerprint density at radius 1 is 0.707 bits per heavy atom. The van der Waals surface area contributed by atoms with Gasteiger partial charge < -0.3 is 0 Å². The van der Waals surface area contributed by atoms with E-state index < -0.39 is 41.6 Å². The predicted molar refractivity (Wildman–Crippen MR) is 155 cm³/mol. The van der Waals surface area contributed by atoms with E-state index in [9.17, 15) is 9.59 Å². The van der Waals surface area contributed by atoms with E-state index in [0.29, 0.717) is 20.0 Å². The van der Waals surface area contributed by atoms with Gasteiger partial charge in [0.15, 0.2) is 0 Å². The summed E-state index contributed by atoms with van der Waals surface area (Å²) < 4.78 is 66.2. The van der Waals surface area contributed by atoms with Crippen LogP contribution in [0.4, 0.5) is 17.6 Å². The Labute approximate surface area is 242 Å². The number of hydrogen-bond acceptors (Lipinski definition) is 2. The number of nitrogens with one attached hydrogen (secondary N) is 2. The standard InChI is InChI=1S/2C11H12F2NO.2C5H5.Sn/c2*1-2-11(15)14-6-5-8-3-4-9(12)7-10(8)13;2*1-2-4-5-3-1;/h2*3-4H,2,5-6H2,1H3,(H,14,15);2*1-3H,4H2;. The molecule has 0 bridgehead atoms. The number of benzene rings is 2. The van der Waals surface area contributed by atoms with Gasteiger partial charge in [-0.05, 0) is 0 Å². The molecule has 4 rings (SSSR count). The minimum atomic E-state index is -5.27. The van der Waals surface area contributed by atoms with E-state index in [1.807, 2.05) is 12.2 Å². The van der Waals surface area contributed by atoms with Gasteiger partial charge in [0, 0.05) is 0 Å². The first-order valence-electron chi connectivity index (χ1n) is 14.0. The van der Waals surface area contributed by atoms with Crippen LogP contribution in [0.1, 0.15) is 50.7 Å². The molecular formula is C32H34F4N2O2Sn. The van der Waals surface area contributed by atoms with E-state index in [0.717, 1.165) is 0 Å². The Bertz CT molecular complexity index is 1350. The van der Waals surface area contributed by atoms with Crippen LogP contribution in [0.2, 0.25) is 0 Å². The van der Waals surface area contributed by atoms with E-state index in [-0.39, 0.29) is 68.9 Å². The molecule has 0 unspecified atom stereocenters. The molecule has 0 aromatic heterocycles.